The Morgan fingerprint density at radius 2 is 1.74 bits per heavy atom. The van der Waals surface area contributed by atoms with Gasteiger partial charge in [0.25, 0.3) is 5.91 Å². The molecule has 2 rings (SSSR count). The number of amides is 3. The van der Waals surface area contributed by atoms with Crippen LogP contribution < -0.4 is 25.5 Å². The lowest BCUT2D eigenvalue weighted by molar-refractivity contribution is -0.139. The van der Waals surface area contributed by atoms with E-state index in [9.17, 15) is 14.4 Å². The number of nitrogens with one attached hydrogen (secondary N) is 3. The maximum absolute atomic E-state index is 12.4. The zero-order valence-electron chi connectivity index (χ0n) is 19.8. The molecule has 3 N–H and O–H groups in total. The minimum absolute atomic E-state index is 0.199. The SMILES string of the molecule is CCOc1cc(/C=N\NC(=O)C(=O)NCCOC)ccc1OCC(=O)Nc1c(C)cccc1C. The summed E-state index contributed by atoms with van der Waals surface area (Å²) in [6.07, 6.45) is 1.36. The topological polar surface area (TPSA) is 127 Å². The molecule has 0 unspecified atom stereocenters. The van der Waals surface area contributed by atoms with E-state index in [1.54, 1.807) is 18.2 Å². The number of para-hydroxylation sites is 1. The quantitative estimate of drug-likeness (QED) is 0.199. The molecule has 0 saturated heterocycles. The summed E-state index contributed by atoms with van der Waals surface area (Å²) in [5.74, 6) is -1.21. The van der Waals surface area contributed by atoms with Crippen molar-refractivity contribution in [3.05, 3.63) is 53.1 Å². The molecule has 2 aromatic rings. The first-order chi connectivity index (χ1) is 16.3. The van der Waals surface area contributed by atoms with E-state index in [1.165, 1.54) is 13.3 Å². The Morgan fingerprint density at radius 3 is 2.41 bits per heavy atom. The number of hydrogen-bond donors (Lipinski definition) is 3. The third-order valence-electron chi connectivity index (χ3n) is 4.55. The Bertz CT molecular complexity index is 1020. The van der Waals surface area contributed by atoms with Gasteiger partial charge in [0.1, 0.15) is 0 Å². The van der Waals surface area contributed by atoms with E-state index in [-0.39, 0.29) is 19.1 Å². The zero-order valence-corrected chi connectivity index (χ0v) is 19.8. The average Bonchev–Trinajstić information content (AvgIpc) is 2.81. The smallest absolute Gasteiger partial charge is 0.329 e. The van der Waals surface area contributed by atoms with E-state index in [0.29, 0.717) is 30.3 Å². The molecule has 3 amide bonds. The molecule has 0 radical (unpaired) electrons. The molecule has 34 heavy (non-hydrogen) atoms. The minimum atomic E-state index is -0.896. The molecule has 0 spiro atoms. The number of methoxy groups -OCH3 is 1. The summed E-state index contributed by atoms with van der Waals surface area (Å²) in [7, 11) is 1.49. The third kappa shape index (κ3) is 8.21. The fourth-order valence-corrected chi connectivity index (χ4v) is 2.89. The average molecular weight is 471 g/mol. The van der Waals surface area contributed by atoms with Crippen LogP contribution in [0.15, 0.2) is 41.5 Å². The first kappa shape index (κ1) is 26.3. The van der Waals surface area contributed by atoms with Gasteiger partial charge in [0.15, 0.2) is 18.1 Å². The first-order valence-corrected chi connectivity index (χ1v) is 10.7. The van der Waals surface area contributed by atoms with E-state index in [4.69, 9.17) is 14.2 Å². The lowest BCUT2D eigenvalue weighted by Gasteiger charge is -2.14. The highest BCUT2D eigenvalue weighted by molar-refractivity contribution is 6.35. The summed E-state index contributed by atoms with van der Waals surface area (Å²) in [5, 5.41) is 9.04. The molecular formula is C24H30N4O6. The second-order valence-electron chi connectivity index (χ2n) is 7.19. The fraction of sp³-hybridized carbons (Fsp3) is 0.333. The maximum Gasteiger partial charge on any atom is 0.329 e. The van der Waals surface area contributed by atoms with Gasteiger partial charge in [-0.15, -0.1) is 0 Å². The van der Waals surface area contributed by atoms with E-state index >= 15 is 0 Å². The number of hydrogen-bond acceptors (Lipinski definition) is 7. The summed E-state index contributed by atoms with van der Waals surface area (Å²) in [4.78, 5) is 35.7. The van der Waals surface area contributed by atoms with Gasteiger partial charge in [-0.05, 0) is 55.7 Å². The summed E-state index contributed by atoms with van der Waals surface area (Å²) < 4.78 is 16.1. The van der Waals surface area contributed by atoms with Gasteiger partial charge in [-0.2, -0.15) is 5.10 Å². The van der Waals surface area contributed by atoms with Crippen molar-refractivity contribution in [2.45, 2.75) is 20.8 Å². The summed E-state index contributed by atoms with van der Waals surface area (Å²) >= 11 is 0. The molecule has 0 fully saturated rings. The monoisotopic (exact) mass is 470 g/mol. The Hall–Kier alpha value is -3.92. The van der Waals surface area contributed by atoms with Gasteiger partial charge in [0, 0.05) is 19.3 Å². The highest BCUT2D eigenvalue weighted by Crippen LogP contribution is 2.28. The van der Waals surface area contributed by atoms with Crippen molar-refractivity contribution in [2.24, 2.45) is 5.10 Å². The van der Waals surface area contributed by atoms with E-state index in [2.05, 4.69) is 21.2 Å². The third-order valence-corrected chi connectivity index (χ3v) is 4.55. The number of rotatable bonds is 11. The van der Waals surface area contributed by atoms with Crippen molar-refractivity contribution in [2.75, 3.05) is 38.8 Å². The van der Waals surface area contributed by atoms with Crippen molar-refractivity contribution < 1.29 is 28.6 Å². The van der Waals surface area contributed by atoms with E-state index < -0.39 is 11.8 Å². The predicted molar refractivity (Wildman–Crippen MR) is 128 cm³/mol. The molecule has 0 saturated carbocycles. The number of ether oxygens (including phenoxy) is 3. The second-order valence-corrected chi connectivity index (χ2v) is 7.19. The molecule has 2 aromatic carbocycles. The van der Waals surface area contributed by atoms with Gasteiger partial charge < -0.3 is 24.8 Å². The van der Waals surface area contributed by atoms with Crippen LogP contribution in [0.2, 0.25) is 0 Å². The van der Waals surface area contributed by atoms with Gasteiger partial charge in [-0.25, -0.2) is 5.43 Å². The lowest BCUT2D eigenvalue weighted by atomic mass is 10.1. The van der Waals surface area contributed by atoms with Crippen LogP contribution in [0.5, 0.6) is 11.5 Å². The number of carbonyl (C=O) groups excluding carboxylic acids is 3. The van der Waals surface area contributed by atoms with Gasteiger partial charge in [-0.3, -0.25) is 14.4 Å². The van der Waals surface area contributed by atoms with Crippen LogP contribution >= 0.6 is 0 Å². The minimum Gasteiger partial charge on any atom is -0.490 e. The van der Waals surface area contributed by atoms with Crippen molar-refractivity contribution in [1.82, 2.24) is 10.7 Å². The standard InChI is InChI=1S/C24H30N4O6/c1-5-33-20-13-18(14-26-28-24(31)23(30)25-11-12-32-4)9-10-19(20)34-15-21(29)27-22-16(2)7-6-8-17(22)3/h6-10,13-14H,5,11-12,15H2,1-4H3,(H,25,30)(H,27,29)(H,28,31)/b26-14-. The maximum atomic E-state index is 12.4. The molecule has 0 aliphatic rings. The van der Waals surface area contributed by atoms with Gasteiger partial charge in [0.05, 0.1) is 19.4 Å². The van der Waals surface area contributed by atoms with Crippen LogP contribution in [0.1, 0.15) is 23.6 Å². The Balaban J connectivity index is 1.96. The number of carbonyl (C=O) groups is 3. The van der Waals surface area contributed by atoms with Crippen LogP contribution in [0.3, 0.4) is 0 Å². The zero-order chi connectivity index (χ0) is 24.9. The van der Waals surface area contributed by atoms with Crippen LogP contribution in [0.4, 0.5) is 5.69 Å². The summed E-state index contributed by atoms with van der Waals surface area (Å²) in [5.41, 5.74) is 5.44. The molecule has 0 aliphatic heterocycles. The fourth-order valence-electron chi connectivity index (χ4n) is 2.89. The molecule has 0 heterocycles. The molecule has 10 heteroatoms. The number of hydrazone groups is 1. The number of aryl methyl sites for hydroxylation is 2. The number of nitrogens with zero attached hydrogens (tertiary/aromatic N) is 1. The molecule has 0 aliphatic carbocycles. The first-order valence-electron chi connectivity index (χ1n) is 10.7. The number of anilines is 1. The van der Waals surface area contributed by atoms with Crippen molar-refractivity contribution in [1.29, 1.82) is 0 Å². The Morgan fingerprint density at radius 1 is 1.00 bits per heavy atom. The predicted octanol–water partition coefficient (Wildman–Crippen LogP) is 1.93. The molecule has 0 aromatic heterocycles. The highest BCUT2D eigenvalue weighted by Gasteiger charge is 2.13. The van der Waals surface area contributed by atoms with Crippen LogP contribution in [-0.2, 0) is 19.1 Å². The number of benzene rings is 2. The van der Waals surface area contributed by atoms with Crippen LogP contribution in [-0.4, -0.2) is 57.4 Å². The van der Waals surface area contributed by atoms with Gasteiger partial charge >= 0.3 is 11.8 Å². The lowest BCUT2D eigenvalue weighted by Crippen LogP contribution is -2.39. The molecular weight excluding hydrogens is 440 g/mol. The van der Waals surface area contributed by atoms with E-state index in [0.717, 1.165) is 16.8 Å². The molecule has 10 nitrogen and oxygen atoms in total. The molecule has 0 atom stereocenters. The molecule has 0 bridgehead atoms. The largest absolute Gasteiger partial charge is 0.490 e. The molecule has 182 valence electrons. The normalized spacial score (nSPS) is 10.6. The van der Waals surface area contributed by atoms with Gasteiger partial charge in [-0.1, -0.05) is 18.2 Å². The second kappa shape index (κ2) is 13.6. The van der Waals surface area contributed by atoms with Crippen molar-refractivity contribution in [3.63, 3.8) is 0 Å². The Kier molecular flexibility index (Phi) is 10.5. The summed E-state index contributed by atoms with van der Waals surface area (Å²) in [6, 6.07) is 10.7. The highest BCUT2D eigenvalue weighted by atomic mass is 16.5. The van der Waals surface area contributed by atoms with Crippen molar-refractivity contribution in [3.8, 4) is 11.5 Å². The van der Waals surface area contributed by atoms with Gasteiger partial charge in [0.2, 0.25) is 0 Å². The van der Waals surface area contributed by atoms with Crippen LogP contribution in [0, 0.1) is 13.8 Å². The van der Waals surface area contributed by atoms with E-state index in [1.807, 2.05) is 39.0 Å². The van der Waals surface area contributed by atoms with Crippen molar-refractivity contribution >= 4 is 29.6 Å². The van der Waals surface area contributed by atoms with Crippen LogP contribution in [0.25, 0.3) is 0 Å². The Labute approximate surface area is 198 Å². The summed E-state index contributed by atoms with van der Waals surface area (Å²) in [6.45, 7) is 6.36.